The number of ether oxygens (including phenoxy) is 2. The van der Waals surface area contributed by atoms with Crippen LogP contribution in [0.15, 0.2) is 48.5 Å². The maximum Gasteiger partial charge on any atom is 0.161 e. The Morgan fingerprint density at radius 2 is 1.72 bits per heavy atom. The quantitative estimate of drug-likeness (QED) is 0.582. The molecule has 2 heterocycles. The molecule has 32 heavy (non-hydrogen) atoms. The number of nitriles is 2. The largest absolute Gasteiger partial charge is 0.493 e. The van der Waals surface area contributed by atoms with Crippen molar-refractivity contribution in [3.05, 3.63) is 69.9 Å². The van der Waals surface area contributed by atoms with Crippen LogP contribution in [0, 0.1) is 27.3 Å². The van der Waals surface area contributed by atoms with Crippen molar-refractivity contribution >= 4 is 18.0 Å². The van der Waals surface area contributed by atoms with E-state index in [0.717, 1.165) is 6.54 Å². The molecule has 160 valence electrons. The Hall–Kier alpha value is -3.85. The van der Waals surface area contributed by atoms with E-state index < -0.39 is 0 Å². The number of nitrogens with zero attached hydrogens (tertiary/aromatic N) is 4. The number of fused-ring (bicyclic) bond motifs is 1. The van der Waals surface area contributed by atoms with Crippen molar-refractivity contribution < 1.29 is 9.47 Å². The summed E-state index contributed by atoms with van der Waals surface area (Å²) in [6.07, 6.45) is 0. The zero-order valence-corrected chi connectivity index (χ0v) is 18.6. The second-order valence-corrected chi connectivity index (χ2v) is 7.68. The number of hydrogen-bond donors (Lipinski definition) is 1. The van der Waals surface area contributed by atoms with Crippen LogP contribution in [0.4, 0.5) is 5.82 Å². The van der Waals surface area contributed by atoms with Gasteiger partial charge in [0, 0.05) is 12.1 Å². The molecule has 0 fully saturated rings. The summed E-state index contributed by atoms with van der Waals surface area (Å²) in [4.78, 5) is 2.16. The lowest BCUT2D eigenvalue weighted by Gasteiger charge is -2.33. The van der Waals surface area contributed by atoms with Crippen molar-refractivity contribution in [3.63, 3.8) is 0 Å². The number of rotatable bonds is 5. The molecule has 1 N–H and O–H groups in total. The Balaban J connectivity index is 1.82. The van der Waals surface area contributed by atoms with E-state index in [1.54, 1.807) is 32.4 Å². The van der Waals surface area contributed by atoms with Gasteiger partial charge in [0.05, 0.1) is 33.1 Å². The van der Waals surface area contributed by atoms with Gasteiger partial charge in [0.1, 0.15) is 28.2 Å². The fourth-order valence-corrected chi connectivity index (χ4v) is 4.21. The van der Waals surface area contributed by atoms with Crippen molar-refractivity contribution in [2.45, 2.75) is 13.2 Å². The first kappa shape index (κ1) is 21.4. The summed E-state index contributed by atoms with van der Waals surface area (Å²) in [5, 5.41) is 23.4. The van der Waals surface area contributed by atoms with Gasteiger partial charge in [-0.1, -0.05) is 48.6 Å². The molecule has 0 atom stereocenters. The highest BCUT2D eigenvalue weighted by molar-refractivity contribution is 7.71. The molecule has 1 aromatic heterocycles. The summed E-state index contributed by atoms with van der Waals surface area (Å²) in [6.45, 7) is 1.75. The molecule has 8 heteroatoms. The van der Waals surface area contributed by atoms with Crippen LogP contribution in [0.5, 0.6) is 11.5 Å². The van der Waals surface area contributed by atoms with Gasteiger partial charge in [-0.15, -0.1) is 0 Å². The second-order valence-electron chi connectivity index (χ2n) is 7.29. The van der Waals surface area contributed by atoms with E-state index in [2.05, 4.69) is 34.5 Å². The van der Waals surface area contributed by atoms with Gasteiger partial charge in [-0.25, -0.2) is 0 Å². The molecule has 4 rings (SSSR count). The fraction of sp³-hybridized carbons (Fsp3) is 0.208. The Morgan fingerprint density at radius 1 is 1.00 bits per heavy atom. The monoisotopic (exact) mass is 443 g/mol. The molecule has 0 spiro atoms. The maximum atomic E-state index is 10.1. The van der Waals surface area contributed by atoms with E-state index in [-0.39, 0.29) is 5.56 Å². The molecule has 1 aliphatic rings. The highest BCUT2D eigenvalue weighted by atomic mass is 32.1. The van der Waals surface area contributed by atoms with Crippen LogP contribution in [0.25, 0.3) is 11.1 Å². The van der Waals surface area contributed by atoms with Crippen molar-refractivity contribution in [2.75, 3.05) is 26.2 Å². The Morgan fingerprint density at radius 3 is 2.38 bits per heavy atom. The van der Waals surface area contributed by atoms with Gasteiger partial charge in [-0.2, -0.15) is 10.5 Å². The fourth-order valence-electron chi connectivity index (χ4n) is 3.92. The van der Waals surface area contributed by atoms with Crippen molar-refractivity contribution in [3.8, 4) is 34.8 Å². The number of nitrogens with one attached hydrogen (secondary N) is 1. The Bertz CT molecular complexity index is 1310. The number of benzene rings is 2. The molecule has 0 saturated heterocycles. The van der Waals surface area contributed by atoms with Gasteiger partial charge < -0.3 is 19.4 Å². The van der Waals surface area contributed by atoms with Gasteiger partial charge in [-0.3, -0.25) is 4.90 Å². The van der Waals surface area contributed by atoms with E-state index in [0.29, 0.717) is 52.0 Å². The van der Waals surface area contributed by atoms with Crippen molar-refractivity contribution in [2.24, 2.45) is 0 Å². The Labute approximate surface area is 191 Å². The standard InChI is InChI=1S/C24H21N5O2S/c1-30-20-9-8-17(10-21(20)31-2)22-18(11-25)23-27-14-28(13-16-6-4-3-5-7-16)15-29(23)24(32)19(22)12-26/h3-10,27H,13-15H2,1-2H3. The molecule has 0 amide bonds. The van der Waals surface area contributed by atoms with E-state index in [1.807, 2.05) is 22.8 Å². The van der Waals surface area contributed by atoms with Gasteiger partial charge in [0.25, 0.3) is 0 Å². The summed E-state index contributed by atoms with van der Waals surface area (Å²) < 4.78 is 12.9. The third-order valence-corrected chi connectivity index (χ3v) is 5.85. The average molecular weight is 444 g/mol. The first-order chi connectivity index (χ1) is 15.6. The lowest BCUT2D eigenvalue weighted by Crippen LogP contribution is -2.38. The molecule has 0 saturated carbocycles. The zero-order valence-electron chi connectivity index (χ0n) is 17.8. The van der Waals surface area contributed by atoms with Crippen LogP contribution in [-0.2, 0) is 13.2 Å². The van der Waals surface area contributed by atoms with E-state index in [4.69, 9.17) is 21.7 Å². The van der Waals surface area contributed by atoms with E-state index >= 15 is 0 Å². The number of pyridine rings is 1. The number of anilines is 1. The number of hydrogen-bond acceptors (Lipinski definition) is 7. The van der Waals surface area contributed by atoms with Gasteiger partial charge in [-0.05, 0) is 23.3 Å². The first-order valence-electron chi connectivity index (χ1n) is 9.94. The summed E-state index contributed by atoms with van der Waals surface area (Å²) >= 11 is 5.71. The number of aromatic nitrogens is 1. The van der Waals surface area contributed by atoms with Gasteiger partial charge >= 0.3 is 0 Å². The topological polar surface area (TPSA) is 86.2 Å². The lowest BCUT2D eigenvalue weighted by atomic mass is 9.96. The molecular weight excluding hydrogens is 422 g/mol. The minimum Gasteiger partial charge on any atom is -0.493 e. The lowest BCUT2D eigenvalue weighted by molar-refractivity contribution is 0.208. The molecule has 2 aromatic carbocycles. The maximum absolute atomic E-state index is 10.1. The molecule has 0 bridgehead atoms. The normalized spacial score (nSPS) is 12.8. The van der Waals surface area contributed by atoms with Crippen LogP contribution in [0.1, 0.15) is 16.7 Å². The summed E-state index contributed by atoms with van der Waals surface area (Å²) in [7, 11) is 3.10. The highest BCUT2D eigenvalue weighted by Crippen LogP contribution is 2.38. The molecule has 3 aromatic rings. The Kier molecular flexibility index (Phi) is 6.09. The molecular formula is C24H21N5O2S. The summed E-state index contributed by atoms with van der Waals surface area (Å²) in [5.74, 6) is 1.69. The molecule has 7 nitrogen and oxygen atoms in total. The van der Waals surface area contributed by atoms with Crippen molar-refractivity contribution in [1.82, 2.24) is 9.47 Å². The van der Waals surface area contributed by atoms with Gasteiger partial charge in [0.15, 0.2) is 11.5 Å². The van der Waals surface area contributed by atoms with Crippen LogP contribution in [0.2, 0.25) is 0 Å². The smallest absolute Gasteiger partial charge is 0.161 e. The van der Waals surface area contributed by atoms with Crippen LogP contribution < -0.4 is 14.8 Å². The molecule has 0 unspecified atom stereocenters. The van der Waals surface area contributed by atoms with Crippen molar-refractivity contribution in [1.29, 1.82) is 10.5 Å². The number of methoxy groups -OCH3 is 2. The second kappa shape index (κ2) is 9.11. The SMILES string of the molecule is COc1ccc(-c2c(C#N)c3n(c(=S)c2C#N)CN(Cc2ccccc2)CN3)cc1OC. The third kappa shape index (κ3) is 3.78. The molecule has 1 aliphatic heterocycles. The molecule has 0 radical (unpaired) electrons. The first-order valence-corrected chi connectivity index (χ1v) is 10.4. The third-order valence-electron chi connectivity index (χ3n) is 5.42. The van der Waals surface area contributed by atoms with Crippen LogP contribution >= 0.6 is 12.2 Å². The predicted octanol–water partition coefficient (Wildman–Crippen LogP) is 4.49. The minimum absolute atomic E-state index is 0.288. The van der Waals surface area contributed by atoms with Crippen LogP contribution in [0.3, 0.4) is 0 Å². The van der Waals surface area contributed by atoms with Crippen LogP contribution in [-0.4, -0.2) is 30.4 Å². The predicted molar refractivity (Wildman–Crippen MR) is 124 cm³/mol. The van der Waals surface area contributed by atoms with E-state index in [9.17, 15) is 10.5 Å². The molecule has 0 aliphatic carbocycles. The van der Waals surface area contributed by atoms with E-state index in [1.165, 1.54) is 5.56 Å². The highest BCUT2D eigenvalue weighted by Gasteiger charge is 2.26. The summed E-state index contributed by atoms with van der Waals surface area (Å²) in [6, 6.07) is 19.9. The summed E-state index contributed by atoms with van der Waals surface area (Å²) in [5.41, 5.74) is 3.00. The average Bonchev–Trinajstić information content (AvgIpc) is 2.84. The van der Waals surface area contributed by atoms with Gasteiger partial charge in [0.2, 0.25) is 0 Å². The zero-order chi connectivity index (χ0) is 22.7. The minimum atomic E-state index is 0.288.